The summed E-state index contributed by atoms with van der Waals surface area (Å²) in [4.78, 5) is 21.4. The van der Waals surface area contributed by atoms with Crippen molar-refractivity contribution in [2.75, 3.05) is 32.1 Å². The first-order valence-corrected chi connectivity index (χ1v) is 9.19. The van der Waals surface area contributed by atoms with Crippen LogP contribution in [0.15, 0.2) is 24.4 Å². The Morgan fingerprint density at radius 2 is 2.08 bits per heavy atom. The molecule has 3 rings (SSSR count). The highest BCUT2D eigenvalue weighted by Gasteiger charge is 2.24. The van der Waals surface area contributed by atoms with E-state index >= 15 is 0 Å². The summed E-state index contributed by atoms with van der Waals surface area (Å²) >= 11 is 1.32. The van der Waals surface area contributed by atoms with Crippen LogP contribution in [0.2, 0.25) is 0 Å². The van der Waals surface area contributed by atoms with Gasteiger partial charge in [-0.05, 0) is 52.2 Å². The van der Waals surface area contributed by atoms with Crippen LogP contribution in [0.5, 0.6) is 0 Å². The van der Waals surface area contributed by atoms with Crippen LogP contribution in [-0.2, 0) is 7.05 Å². The van der Waals surface area contributed by atoms with E-state index in [0.717, 1.165) is 23.2 Å². The van der Waals surface area contributed by atoms with Crippen molar-refractivity contribution in [3.63, 3.8) is 0 Å². The van der Waals surface area contributed by atoms with Crippen LogP contribution in [0.25, 0.3) is 10.2 Å². The van der Waals surface area contributed by atoms with E-state index in [1.54, 1.807) is 22.7 Å². The van der Waals surface area contributed by atoms with E-state index < -0.39 is 0 Å². The highest BCUT2D eigenvalue weighted by Crippen LogP contribution is 2.30. The minimum absolute atomic E-state index is 0.179. The Morgan fingerprint density at radius 3 is 2.73 bits per heavy atom. The molecule has 0 N–H and O–H groups in total. The lowest BCUT2D eigenvalue weighted by atomic mass is 10.2. The molecule has 3 aromatic rings. The van der Waals surface area contributed by atoms with Gasteiger partial charge in [0.15, 0.2) is 10.8 Å². The third kappa shape index (κ3) is 3.91. The maximum atomic E-state index is 13.5. The van der Waals surface area contributed by atoms with Gasteiger partial charge in [0.25, 0.3) is 5.91 Å². The van der Waals surface area contributed by atoms with Crippen molar-refractivity contribution in [2.24, 2.45) is 7.05 Å². The second-order valence-corrected chi connectivity index (χ2v) is 7.57. The average molecular weight is 375 g/mol. The summed E-state index contributed by atoms with van der Waals surface area (Å²) < 4.78 is 15.9. The van der Waals surface area contributed by atoms with Gasteiger partial charge in [-0.15, -0.1) is 0 Å². The quantitative estimate of drug-likeness (QED) is 0.664. The smallest absolute Gasteiger partial charge is 0.280 e. The summed E-state index contributed by atoms with van der Waals surface area (Å²) in [6, 6.07) is 4.47. The molecular formula is C18H22FN5OS. The van der Waals surface area contributed by atoms with Crippen molar-refractivity contribution in [3.8, 4) is 0 Å². The number of anilines is 1. The predicted octanol–water partition coefficient (Wildman–Crippen LogP) is 3.08. The number of carbonyl (C=O) groups excluding carboxylic acids is 1. The summed E-state index contributed by atoms with van der Waals surface area (Å²) in [5, 5.41) is 4.87. The van der Waals surface area contributed by atoms with Crippen molar-refractivity contribution >= 4 is 32.6 Å². The Morgan fingerprint density at radius 1 is 1.31 bits per heavy atom. The molecule has 0 aliphatic heterocycles. The van der Waals surface area contributed by atoms with E-state index in [1.165, 1.54) is 23.5 Å². The van der Waals surface area contributed by atoms with Crippen LogP contribution in [0.4, 0.5) is 9.52 Å². The zero-order valence-corrected chi connectivity index (χ0v) is 16.2. The highest BCUT2D eigenvalue weighted by atomic mass is 32.1. The van der Waals surface area contributed by atoms with Gasteiger partial charge in [0.2, 0.25) is 0 Å². The van der Waals surface area contributed by atoms with E-state index in [1.807, 2.05) is 27.2 Å². The Labute approximate surface area is 155 Å². The average Bonchev–Trinajstić information content (AvgIpc) is 3.12. The summed E-state index contributed by atoms with van der Waals surface area (Å²) in [6.45, 7) is 3.24. The number of rotatable bonds is 6. The molecule has 0 saturated heterocycles. The number of nitrogens with zero attached hydrogens (tertiary/aromatic N) is 5. The Bertz CT molecular complexity index is 933. The molecule has 2 heterocycles. The third-order valence-corrected chi connectivity index (χ3v) is 5.06. The maximum Gasteiger partial charge on any atom is 0.280 e. The van der Waals surface area contributed by atoms with Crippen molar-refractivity contribution < 1.29 is 9.18 Å². The lowest BCUT2D eigenvalue weighted by molar-refractivity contribution is 0.0980. The largest absolute Gasteiger partial charge is 0.309 e. The molecule has 2 aromatic heterocycles. The minimum Gasteiger partial charge on any atom is -0.309 e. The van der Waals surface area contributed by atoms with Gasteiger partial charge in [-0.25, -0.2) is 9.37 Å². The molecule has 0 spiro atoms. The van der Waals surface area contributed by atoms with Crippen LogP contribution in [-0.4, -0.2) is 52.8 Å². The van der Waals surface area contributed by atoms with Gasteiger partial charge in [-0.1, -0.05) is 11.3 Å². The van der Waals surface area contributed by atoms with Gasteiger partial charge in [-0.2, -0.15) is 5.10 Å². The number of thiazole rings is 1. The molecule has 1 amide bonds. The first-order chi connectivity index (χ1) is 12.3. The monoisotopic (exact) mass is 375 g/mol. The van der Waals surface area contributed by atoms with Gasteiger partial charge in [-0.3, -0.25) is 14.4 Å². The highest BCUT2D eigenvalue weighted by molar-refractivity contribution is 7.22. The van der Waals surface area contributed by atoms with Gasteiger partial charge in [0, 0.05) is 25.4 Å². The second-order valence-electron chi connectivity index (χ2n) is 6.56. The summed E-state index contributed by atoms with van der Waals surface area (Å²) in [5.41, 5.74) is 1.93. The van der Waals surface area contributed by atoms with E-state index in [-0.39, 0.29) is 11.7 Å². The molecule has 6 nitrogen and oxygen atoms in total. The van der Waals surface area contributed by atoms with Crippen LogP contribution < -0.4 is 4.90 Å². The van der Waals surface area contributed by atoms with E-state index in [4.69, 9.17) is 0 Å². The molecule has 0 aliphatic rings. The van der Waals surface area contributed by atoms with Crippen LogP contribution in [0, 0.1) is 12.7 Å². The lowest BCUT2D eigenvalue weighted by Gasteiger charge is -2.20. The molecule has 0 bridgehead atoms. The Hall–Kier alpha value is -2.32. The number of hydrogen-bond donors (Lipinski definition) is 0. The first-order valence-electron chi connectivity index (χ1n) is 8.38. The minimum atomic E-state index is -0.307. The fourth-order valence-electron chi connectivity index (χ4n) is 2.78. The van der Waals surface area contributed by atoms with Crippen LogP contribution in [0.3, 0.4) is 0 Å². The standard InChI is InChI=1S/C18H22FN5OS/c1-12-11-23(4)21-16(12)17(25)24(9-5-8-22(2)3)18-20-14-7-6-13(19)10-15(14)26-18/h6-7,10-11H,5,8-9H2,1-4H3. The topological polar surface area (TPSA) is 54.3 Å². The van der Waals surface area contributed by atoms with Crippen LogP contribution in [0.1, 0.15) is 22.5 Å². The third-order valence-electron chi connectivity index (χ3n) is 4.02. The fourth-order valence-corrected chi connectivity index (χ4v) is 3.79. The summed E-state index contributed by atoms with van der Waals surface area (Å²) in [6.07, 6.45) is 2.62. The van der Waals surface area contributed by atoms with E-state index in [9.17, 15) is 9.18 Å². The normalized spacial score (nSPS) is 11.5. The van der Waals surface area contributed by atoms with Crippen LogP contribution >= 0.6 is 11.3 Å². The molecule has 0 fully saturated rings. The number of amides is 1. The molecule has 0 radical (unpaired) electrons. The van der Waals surface area contributed by atoms with Gasteiger partial charge >= 0.3 is 0 Å². The molecule has 0 unspecified atom stereocenters. The number of benzene rings is 1. The number of aromatic nitrogens is 3. The Kier molecular flexibility index (Phi) is 5.33. The molecular weight excluding hydrogens is 353 g/mol. The second kappa shape index (κ2) is 7.51. The lowest BCUT2D eigenvalue weighted by Crippen LogP contribution is -2.34. The van der Waals surface area contributed by atoms with Gasteiger partial charge < -0.3 is 4.90 Å². The maximum absolute atomic E-state index is 13.5. The SMILES string of the molecule is Cc1cn(C)nc1C(=O)N(CCCN(C)C)c1nc2ccc(F)cc2s1. The molecule has 8 heteroatoms. The molecule has 0 atom stereocenters. The predicted molar refractivity (Wildman–Crippen MR) is 102 cm³/mol. The molecule has 0 saturated carbocycles. The molecule has 138 valence electrons. The van der Waals surface area contributed by atoms with Crippen molar-refractivity contribution in [2.45, 2.75) is 13.3 Å². The number of hydrogen-bond acceptors (Lipinski definition) is 5. The number of halogens is 1. The number of fused-ring (bicyclic) bond motifs is 1. The van der Waals surface area contributed by atoms with Crippen molar-refractivity contribution in [1.82, 2.24) is 19.7 Å². The molecule has 0 aliphatic carbocycles. The van der Waals surface area contributed by atoms with Crippen molar-refractivity contribution in [1.29, 1.82) is 0 Å². The first kappa shape index (κ1) is 18.5. The van der Waals surface area contributed by atoms with E-state index in [2.05, 4.69) is 15.0 Å². The summed E-state index contributed by atoms with van der Waals surface area (Å²) in [7, 11) is 5.78. The zero-order valence-electron chi connectivity index (χ0n) is 15.4. The van der Waals surface area contributed by atoms with E-state index in [0.29, 0.717) is 22.9 Å². The fraction of sp³-hybridized carbons (Fsp3) is 0.389. The Balaban J connectivity index is 1.95. The van der Waals surface area contributed by atoms with Gasteiger partial charge in [0.05, 0.1) is 10.2 Å². The number of aryl methyl sites for hydroxylation is 2. The van der Waals surface area contributed by atoms with Gasteiger partial charge in [0.1, 0.15) is 5.82 Å². The summed E-state index contributed by atoms with van der Waals surface area (Å²) in [5.74, 6) is -0.486. The number of carbonyl (C=O) groups is 1. The van der Waals surface area contributed by atoms with Crippen molar-refractivity contribution in [3.05, 3.63) is 41.5 Å². The zero-order chi connectivity index (χ0) is 18.8. The molecule has 26 heavy (non-hydrogen) atoms. The molecule has 1 aromatic carbocycles.